The van der Waals surface area contributed by atoms with Crippen LogP contribution in [-0.2, 0) is 0 Å². The molecule has 0 unspecified atom stereocenters. The first-order valence-corrected chi connectivity index (χ1v) is 9.64. The number of aromatic nitrogens is 3. The van der Waals surface area contributed by atoms with E-state index in [1.807, 2.05) is 44.0 Å². The Kier molecular flexibility index (Phi) is 4.94. The van der Waals surface area contributed by atoms with Crippen LogP contribution in [0.5, 0.6) is 0 Å². The Morgan fingerprint density at radius 3 is 2.61 bits per heavy atom. The van der Waals surface area contributed by atoms with Crippen molar-refractivity contribution in [1.29, 1.82) is 0 Å². The second kappa shape index (κ2) is 7.54. The van der Waals surface area contributed by atoms with Crippen LogP contribution >= 0.6 is 0 Å². The molecule has 1 saturated heterocycles. The quantitative estimate of drug-likeness (QED) is 0.689. The molecule has 0 spiro atoms. The van der Waals surface area contributed by atoms with Gasteiger partial charge in [0.1, 0.15) is 5.76 Å². The molecule has 0 aliphatic carbocycles. The number of pyridine rings is 2. The molecule has 0 N–H and O–H groups in total. The highest BCUT2D eigenvalue weighted by Gasteiger charge is 2.26. The molecule has 4 heterocycles. The zero-order valence-electron chi connectivity index (χ0n) is 16.5. The maximum atomic E-state index is 12.8. The van der Waals surface area contributed by atoms with Crippen LogP contribution < -0.4 is 0 Å². The number of rotatable bonds is 3. The summed E-state index contributed by atoms with van der Waals surface area (Å²) in [5.74, 6) is 1.09. The van der Waals surface area contributed by atoms with Gasteiger partial charge in [-0.25, -0.2) is 0 Å². The summed E-state index contributed by atoms with van der Waals surface area (Å²) in [7, 11) is 0. The third-order valence-electron chi connectivity index (χ3n) is 5.39. The normalized spacial score (nSPS) is 17.0. The zero-order chi connectivity index (χ0) is 19.7. The average Bonchev–Trinajstić information content (AvgIpc) is 3.06. The minimum absolute atomic E-state index is 0.0459. The predicted octanol–water partition coefficient (Wildman–Crippen LogP) is 4.08. The Labute approximate surface area is 164 Å². The first kappa shape index (κ1) is 18.3. The van der Waals surface area contributed by atoms with Gasteiger partial charge in [0.2, 0.25) is 0 Å². The lowest BCUT2D eigenvalue weighted by Gasteiger charge is -2.32. The summed E-state index contributed by atoms with van der Waals surface area (Å²) in [6.07, 6.45) is 5.56. The van der Waals surface area contributed by atoms with Crippen molar-refractivity contribution in [3.63, 3.8) is 0 Å². The topological polar surface area (TPSA) is 72.1 Å². The summed E-state index contributed by atoms with van der Waals surface area (Å²) in [5.41, 5.74) is 5.47. The van der Waals surface area contributed by atoms with Crippen LogP contribution in [-0.4, -0.2) is 39.0 Å². The van der Waals surface area contributed by atoms with Gasteiger partial charge in [-0.1, -0.05) is 11.2 Å². The number of amides is 1. The minimum Gasteiger partial charge on any atom is -0.361 e. The molecule has 1 aliphatic heterocycles. The van der Waals surface area contributed by atoms with Crippen molar-refractivity contribution in [2.75, 3.05) is 13.1 Å². The molecule has 1 atom stereocenters. The van der Waals surface area contributed by atoms with E-state index in [1.165, 1.54) is 0 Å². The van der Waals surface area contributed by atoms with Crippen molar-refractivity contribution in [2.24, 2.45) is 0 Å². The van der Waals surface area contributed by atoms with Gasteiger partial charge >= 0.3 is 0 Å². The summed E-state index contributed by atoms with van der Waals surface area (Å²) < 4.78 is 5.26. The summed E-state index contributed by atoms with van der Waals surface area (Å²) >= 11 is 0. The first-order chi connectivity index (χ1) is 13.5. The van der Waals surface area contributed by atoms with E-state index >= 15 is 0 Å². The van der Waals surface area contributed by atoms with Crippen LogP contribution in [0, 0.1) is 20.8 Å². The third kappa shape index (κ3) is 3.54. The van der Waals surface area contributed by atoms with Gasteiger partial charge in [0.05, 0.1) is 11.3 Å². The van der Waals surface area contributed by atoms with Crippen molar-refractivity contribution in [2.45, 2.75) is 39.5 Å². The molecule has 0 aromatic carbocycles. The Balaban J connectivity index is 1.50. The standard InChI is InChI=1S/C22H24N4O2/c1-14-6-7-18(12-23-14)22(27)26-10-4-5-19(13-26)20-9-8-17(11-24-20)21-15(2)25-28-16(21)3/h6-9,11-12,19H,4-5,10,13H2,1-3H3/t19-/m1/s1. The van der Waals surface area contributed by atoms with Crippen LogP contribution in [0.3, 0.4) is 0 Å². The van der Waals surface area contributed by atoms with Crippen LogP contribution in [0.2, 0.25) is 0 Å². The Bertz CT molecular complexity index is 957. The molecule has 0 saturated carbocycles. The van der Waals surface area contributed by atoms with Gasteiger partial charge < -0.3 is 9.42 Å². The minimum atomic E-state index is 0.0459. The molecule has 144 valence electrons. The number of piperidine rings is 1. The number of aryl methyl sites for hydroxylation is 3. The van der Waals surface area contributed by atoms with E-state index in [9.17, 15) is 4.79 Å². The fourth-order valence-electron chi connectivity index (χ4n) is 3.87. The van der Waals surface area contributed by atoms with Crippen LogP contribution in [0.1, 0.15) is 52.0 Å². The molecule has 28 heavy (non-hydrogen) atoms. The summed E-state index contributed by atoms with van der Waals surface area (Å²) in [6.45, 7) is 7.23. The van der Waals surface area contributed by atoms with Gasteiger partial charge in [-0.2, -0.15) is 0 Å². The monoisotopic (exact) mass is 376 g/mol. The summed E-state index contributed by atoms with van der Waals surface area (Å²) in [6, 6.07) is 7.86. The lowest BCUT2D eigenvalue weighted by Crippen LogP contribution is -2.39. The number of hydrogen-bond acceptors (Lipinski definition) is 5. The number of carbonyl (C=O) groups excluding carboxylic acids is 1. The second-order valence-corrected chi connectivity index (χ2v) is 7.45. The smallest absolute Gasteiger partial charge is 0.255 e. The molecule has 0 bridgehead atoms. The highest BCUT2D eigenvalue weighted by atomic mass is 16.5. The molecule has 4 rings (SSSR count). The molecule has 1 amide bonds. The molecule has 1 aliphatic rings. The van der Waals surface area contributed by atoms with Crippen LogP contribution in [0.15, 0.2) is 41.2 Å². The number of likely N-dealkylation sites (tertiary alicyclic amines) is 1. The Hall–Kier alpha value is -3.02. The number of carbonyl (C=O) groups is 1. The van der Waals surface area contributed by atoms with Gasteiger partial charge in [-0.3, -0.25) is 14.8 Å². The van der Waals surface area contributed by atoms with Crippen LogP contribution in [0.4, 0.5) is 0 Å². The van der Waals surface area contributed by atoms with Crippen molar-refractivity contribution in [3.8, 4) is 11.1 Å². The molecular weight excluding hydrogens is 352 g/mol. The molecular formula is C22H24N4O2. The van der Waals surface area contributed by atoms with E-state index in [1.54, 1.807) is 6.20 Å². The maximum absolute atomic E-state index is 12.8. The molecule has 0 radical (unpaired) electrons. The predicted molar refractivity (Wildman–Crippen MR) is 106 cm³/mol. The molecule has 3 aromatic rings. The van der Waals surface area contributed by atoms with Gasteiger partial charge in [0.25, 0.3) is 5.91 Å². The molecule has 3 aromatic heterocycles. The Morgan fingerprint density at radius 2 is 1.96 bits per heavy atom. The largest absolute Gasteiger partial charge is 0.361 e. The fraction of sp³-hybridized carbons (Fsp3) is 0.364. The van der Waals surface area contributed by atoms with E-state index in [0.29, 0.717) is 12.1 Å². The van der Waals surface area contributed by atoms with Crippen molar-refractivity contribution < 1.29 is 9.32 Å². The Morgan fingerprint density at radius 1 is 1.11 bits per heavy atom. The van der Waals surface area contributed by atoms with E-state index in [0.717, 1.165) is 53.4 Å². The second-order valence-electron chi connectivity index (χ2n) is 7.45. The van der Waals surface area contributed by atoms with E-state index in [2.05, 4.69) is 22.3 Å². The van der Waals surface area contributed by atoms with E-state index in [4.69, 9.17) is 9.51 Å². The van der Waals surface area contributed by atoms with Crippen molar-refractivity contribution in [3.05, 3.63) is 65.1 Å². The highest BCUT2D eigenvalue weighted by molar-refractivity contribution is 5.94. The SMILES string of the molecule is Cc1ccc(C(=O)N2CCC[C@@H](c3ccc(-c4c(C)noc4C)cn3)C2)cn1. The van der Waals surface area contributed by atoms with Gasteiger partial charge in [-0.15, -0.1) is 0 Å². The van der Waals surface area contributed by atoms with Crippen molar-refractivity contribution in [1.82, 2.24) is 20.0 Å². The fourth-order valence-corrected chi connectivity index (χ4v) is 3.87. The average molecular weight is 376 g/mol. The lowest BCUT2D eigenvalue weighted by molar-refractivity contribution is 0.0705. The maximum Gasteiger partial charge on any atom is 0.255 e. The van der Waals surface area contributed by atoms with Crippen LogP contribution in [0.25, 0.3) is 11.1 Å². The van der Waals surface area contributed by atoms with E-state index < -0.39 is 0 Å². The summed E-state index contributed by atoms with van der Waals surface area (Å²) in [5, 5.41) is 4.02. The first-order valence-electron chi connectivity index (χ1n) is 9.64. The highest BCUT2D eigenvalue weighted by Crippen LogP contribution is 2.30. The van der Waals surface area contributed by atoms with Gasteiger partial charge in [0, 0.05) is 53.9 Å². The van der Waals surface area contributed by atoms with Gasteiger partial charge in [0.15, 0.2) is 0 Å². The summed E-state index contributed by atoms with van der Waals surface area (Å²) in [4.78, 5) is 23.7. The molecule has 6 heteroatoms. The van der Waals surface area contributed by atoms with E-state index in [-0.39, 0.29) is 11.8 Å². The molecule has 6 nitrogen and oxygen atoms in total. The lowest BCUT2D eigenvalue weighted by atomic mass is 9.93. The number of nitrogens with zero attached hydrogens (tertiary/aromatic N) is 4. The number of hydrogen-bond donors (Lipinski definition) is 0. The van der Waals surface area contributed by atoms with Gasteiger partial charge in [-0.05, 0) is 51.8 Å². The van der Waals surface area contributed by atoms with Crippen molar-refractivity contribution >= 4 is 5.91 Å². The third-order valence-corrected chi connectivity index (χ3v) is 5.39. The molecule has 1 fully saturated rings. The zero-order valence-corrected chi connectivity index (χ0v) is 16.5.